The minimum Gasteiger partial charge on any atom is -0.381 e. The van der Waals surface area contributed by atoms with E-state index in [-0.39, 0.29) is 24.4 Å². The Morgan fingerprint density at radius 3 is 2.84 bits per heavy atom. The van der Waals surface area contributed by atoms with Crippen molar-refractivity contribution in [3.63, 3.8) is 0 Å². The summed E-state index contributed by atoms with van der Waals surface area (Å²) in [5.74, 6) is -0.189. The highest BCUT2D eigenvalue weighted by atomic mass is 16.5. The van der Waals surface area contributed by atoms with Crippen LogP contribution in [0.2, 0.25) is 0 Å². The van der Waals surface area contributed by atoms with Gasteiger partial charge in [-0.3, -0.25) is 14.3 Å². The van der Waals surface area contributed by atoms with Gasteiger partial charge >= 0.3 is 0 Å². The zero-order valence-electron chi connectivity index (χ0n) is 14.2. The summed E-state index contributed by atoms with van der Waals surface area (Å²) in [6.07, 6.45) is 5.18. The van der Waals surface area contributed by atoms with E-state index in [0.717, 1.165) is 24.0 Å². The molecule has 1 aromatic carbocycles. The van der Waals surface area contributed by atoms with E-state index >= 15 is 0 Å². The van der Waals surface area contributed by atoms with Crippen LogP contribution in [0.5, 0.6) is 0 Å². The molecule has 25 heavy (non-hydrogen) atoms. The molecule has 3 rings (SSSR count). The van der Waals surface area contributed by atoms with E-state index in [2.05, 4.69) is 15.7 Å². The highest BCUT2D eigenvalue weighted by Gasteiger charge is 2.17. The van der Waals surface area contributed by atoms with Crippen molar-refractivity contribution in [3.05, 3.63) is 42.2 Å². The average molecular weight is 342 g/mol. The number of hydrogen-bond acceptors (Lipinski definition) is 4. The molecule has 1 aromatic heterocycles. The van der Waals surface area contributed by atoms with Gasteiger partial charge in [0.25, 0.3) is 5.91 Å². The minimum absolute atomic E-state index is 0.0773. The highest BCUT2D eigenvalue weighted by Crippen LogP contribution is 2.20. The standard InChI is InChI=1S/C18H22N4O3/c1-19-17(23)12-22-11-15(10-20-22)13-3-2-4-14(9-13)18(24)21-16-5-7-25-8-6-16/h2-4,9-11,16H,5-8,12H2,1H3,(H,19,23)(H,21,24). The lowest BCUT2D eigenvalue weighted by molar-refractivity contribution is -0.121. The van der Waals surface area contributed by atoms with E-state index in [4.69, 9.17) is 4.74 Å². The van der Waals surface area contributed by atoms with Gasteiger partial charge in [0.1, 0.15) is 6.54 Å². The van der Waals surface area contributed by atoms with Crippen molar-refractivity contribution in [1.29, 1.82) is 0 Å². The smallest absolute Gasteiger partial charge is 0.251 e. The number of nitrogens with one attached hydrogen (secondary N) is 2. The van der Waals surface area contributed by atoms with Gasteiger partial charge in [-0.1, -0.05) is 12.1 Å². The zero-order valence-corrected chi connectivity index (χ0v) is 14.2. The number of hydrogen-bond donors (Lipinski definition) is 2. The predicted octanol–water partition coefficient (Wildman–Crippen LogP) is 1.20. The van der Waals surface area contributed by atoms with Crippen molar-refractivity contribution < 1.29 is 14.3 Å². The first-order valence-electron chi connectivity index (χ1n) is 8.38. The Balaban J connectivity index is 1.70. The summed E-state index contributed by atoms with van der Waals surface area (Å²) >= 11 is 0. The second-order valence-corrected chi connectivity index (χ2v) is 6.04. The topological polar surface area (TPSA) is 85.2 Å². The summed E-state index contributed by atoms with van der Waals surface area (Å²) < 4.78 is 6.89. The number of likely N-dealkylation sites (N-methyl/N-ethyl adjacent to an activating group) is 1. The molecule has 7 heteroatoms. The third-order valence-electron chi connectivity index (χ3n) is 4.23. The fourth-order valence-corrected chi connectivity index (χ4v) is 2.78. The number of rotatable bonds is 5. The van der Waals surface area contributed by atoms with Gasteiger partial charge in [-0.05, 0) is 30.5 Å². The molecule has 132 valence electrons. The molecule has 0 bridgehead atoms. The van der Waals surface area contributed by atoms with Crippen LogP contribution in [0.25, 0.3) is 11.1 Å². The molecule has 0 unspecified atom stereocenters. The van der Waals surface area contributed by atoms with Crippen LogP contribution >= 0.6 is 0 Å². The summed E-state index contributed by atoms with van der Waals surface area (Å²) in [4.78, 5) is 23.9. The van der Waals surface area contributed by atoms with Crippen LogP contribution < -0.4 is 10.6 Å². The third-order valence-corrected chi connectivity index (χ3v) is 4.23. The van der Waals surface area contributed by atoms with Gasteiger partial charge in [0.2, 0.25) is 5.91 Å². The molecule has 0 atom stereocenters. The van der Waals surface area contributed by atoms with Crippen LogP contribution in [0.15, 0.2) is 36.7 Å². The first kappa shape index (κ1) is 17.2. The molecule has 0 saturated carbocycles. The van der Waals surface area contributed by atoms with Crippen LogP contribution in [0.3, 0.4) is 0 Å². The van der Waals surface area contributed by atoms with Crippen LogP contribution in [0.4, 0.5) is 0 Å². The van der Waals surface area contributed by atoms with Gasteiger partial charge < -0.3 is 15.4 Å². The summed E-state index contributed by atoms with van der Waals surface area (Å²) in [6.45, 7) is 1.55. The maximum absolute atomic E-state index is 12.5. The number of carbonyl (C=O) groups is 2. The van der Waals surface area contributed by atoms with Crippen molar-refractivity contribution in [2.75, 3.05) is 20.3 Å². The quantitative estimate of drug-likeness (QED) is 0.855. The summed E-state index contributed by atoms with van der Waals surface area (Å²) in [7, 11) is 1.59. The first-order chi connectivity index (χ1) is 12.2. The van der Waals surface area contributed by atoms with E-state index in [9.17, 15) is 9.59 Å². The van der Waals surface area contributed by atoms with Crippen molar-refractivity contribution in [3.8, 4) is 11.1 Å². The number of benzene rings is 1. The Kier molecular flexibility index (Phi) is 5.45. The zero-order chi connectivity index (χ0) is 17.6. The minimum atomic E-state index is -0.112. The molecule has 2 aromatic rings. The highest BCUT2D eigenvalue weighted by molar-refractivity contribution is 5.95. The maximum Gasteiger partial charge on any atom is 0.251 e. The summed E-state index contributed by atoms with van der Waals surface area (Å²) in [5.41, 5.74) is 2.37. The Labute approximate surface area is 146 Å². The molecule has 0 aliphatic carbocycles. The second-order valence-electron chi connectivity index (χ2n) is 6.04. The van der Waals surface area contributed by atoms with Gasteiger partial charge in [0.15, 0.2) is 0 Å². The number of ether oxygens (including phenoxy) is 1. The van der Waals surface area contributed by atoms with Gasteiger partial charge in [-0.25, -0.2) is 0 Å². The lowest BCUT2D eigenvalue weighted by Crippen LogP contribution is -2.38. The van der Waals surface area contributed by atoms with Crippen LogP contribution in [0, 0.1) is 0 Å². The van der Waals surface area contributed by atoms with Gasteiger partial charge in [0.05, 0.1) is 6.20 Å². The number of carbonyl (C=O) groups excluding carboxylic acids is 2. The largest absolute Gasteiger partial charge is 0.381 e. The Morgan fingerprint density at radius 2 is 2.08 bits per heavy atom. The lowest BCUT2D eigenvalue weighted by Gasteiger charge is -2.23. The van der Waals surface area contributed by atoms with Crippen LogP contribution in [-0.4, -0.2) is 47.9 Å². The molecule has 1 fully saturated rings. The van der Waals surface area contributed by atoms with Gasteiger partial charge in [0, 0.05) is 43.6 Å². The maximum atomic E-state index is 12.5. The van der Waals surface area contributed by atoms with Crippen molar-refractivity contribution in [2.24, 2.45) is 0 Å². The summed E-state index contributed by atoms with van der Waals surface area (Å²) in [5, 5.41) is 9.81. The van der Waals surface area contributed by atoms with E-state index in [0.29, 0.717) is 18.8 Å². The van der Waals surface area contributed by atoms with Crippen LogP contribution in [-0.2, 0) is 16.1 Å². The molecular weight excluding hydrogens is 320 g/mol. The van der Waals surface area contributed by atoms with Gasteiger partial charge in [-0.2, -0.15) is 5.10 Å². The van der Waals surface area contributed by atoms with Crippen molar-refractivity contribution in [1.82, 2.24) is 20.4 Å². The predicted molar refractivity (Wildman–Crippen MR) is 93.0 cm³/mol. The lowest BCUT2D eigenvalue weighted by atomic mass is 10.0. The van der Waals surface area contributed by atoms with Crippen molar-refractivity contribution in [2.45, 2.75) is 25.4 Å². The third kappa shape index (κ3) is 4.45. The van der Waals surface area contributed by atoms with Crippen LogP contribution in [0.1, 0.15) is 23.2 Å². The van der Waals surface area contributed by atoms with Crippen molar-refractivity contribution >= 4 is 11.8 Å². The SMILES string of the molecule is CNC(=O)Cn1cc(-c2cccc(C(=O)NC3CCOCC3)c2)cn1. The Morgan fingerprint density at radius 1 is 1.28 bits per heavy atom. The van der Waals surface area contributed by atoms with E-state index in [1.165, 1.54) is 0 Å². The molecule has 2 amide bonds. The first-order valence-corrected chi connectivity index (χ1v) is 8.38. The number of nitrogens with zero attached hydrogens (tertiary/aromatic N) is 2. The molecule has 7 nitrogen and oxygen atoms in total. The molecule has 2 heterocycles. The Bertz CT molecular complexity index is 750. The van der Waals surface area contributed by atoms with E-state index in [1.807, 2.05) is 18.2 Å². The van der Waals surface area contributed by atoms with E-state index < -0.39 is 0 Å². The molecule has 1 saturated heterocycles. The normalized spacial score (nSPS) is 14.9. The molecule has 1 aliphatic rings. The molecule has 0 radical (unpaired) electrons. The fourth-order valence-electron chi connectivity index (χ4n) is 2.78. The Hall–Kier alpha value is -2.67. The monoisotopic (exact) mass is 342 g/mol. The molecule has 0 spiro atoms. The van der Waals surface area contributed by atoms with E-state index in [1.54, 1.807) is 30.2 Å². The molecule has 1 aliphatic heterocycles. The number of aromatic nitrogens is 2. The molecule has 2 N–H and O–H groups in total. The fraction of sp³-hybridized carbons (Fsp3) is 0.389. The average Bonchev–Trinajstić information content (AvgIpc) is 3.11. The molecular formula is C18H22N4O3. The second kappa shape index (κ2) is 7.94. The number of amides is 2. The summed E-state index contributed by atoms with van der Waals surface area (Å²) in [6, 6.07) is 7.58. The van der Waals surface area contributed by atoms with Gasteiger partial charge in [-0.15, -0.1) is 0 Å².